The number of nitrogens with zero attached hydrogens (tertiary/aromatic N) is 1. The van der Waals surface area contributed by atoms with Crippen molar-refractivity contribution in [1.82, 2.24) is 10.3 Å². The Morgan fingerprint density at radius 1 is 1.18 bits per heavy atom. The average molecular weight is 228 g/mol. The Labute approximate surface area is 101 Å². The lowest BCUT2D eigenvalue weighted by molar-refractivity contribution is 0.161. The van der Waals surface area contributed by atoms with Gasteiger partial charge >= 0.3 is 0 Å². The van der Waals surface area contributed by atoms with Crippen molar-refractivity contribution in [2.75, 3.05) is 13.1 Å². The molecule has 0 saturated carbocycles. The lowest BCUT2D eigenvalue weighted by atomic mass is 10.1. The number of para-hydroxylation sites is 1. The molecule has 1 fully saturated rings. The van der Waals surface area contributed by atoms with Crippen molar-refractivity contribution in [2.24, 2.45) is 0 Å². The van der Waals surface area contributed by atoms with Crippen molar-refractivity contribution in [3.63, 3.8) is 0 Å². The van der Waals surface area contributed by atoms with E-state index in [9.17, 15) is 0 Å². The maximum atomic E-state index is 5.89. The predicted octanol–water partition coefficient (Wildman–Crippen LogP) is 2.37. The van der Waals surface area contributed by atoms with Crippen LogP contribution in [0.5, 0.6) is 5.88 Å². The number of rotatable bonds is 2. The number of benzene rings is 1. The van der Waals surface area contributed by atoms with Gasteiger partial charge in [0.15, 0.2) is 0 Å². The van der Waals surface area contributed by atoms with Gasteiger partial charge in [0.25, 0.3) is 0 Å². The third-order valence-electron chi connectivity index (χ3n) is 3.11. The van der Waals surface area contributed by atoms with E-state index in [4.69, 9.17) is 4.74 Å². The maximum Gasteiger partial charge on any atom is 0.214 e. The first-order valence-electron chi connectivity index (χ1n) is 6.15. The molecule has 1 aliphatic heterocycles. The molecule has 0 spiro atoms. The standard InChI is InChI=1S/C14H16N2O/c1-2-6-13-11(4-1)7-8-14(16-13)17-12-5-3-9-15-10-12/h1-2,4,6-8,12,15H,3,5,9-10H2/t12-/m1/s1. The molecule has 3 nitrogen and oxygen atoms in total. The normalized spacial score (nSPS) is 20.4. The van der Waals surface area contributed by atoms with Crippen LogP contribution >= 0.6 is 0 Å². The van der Waals surface area contributed by atoms with Crippen molar-refractivity contribution in [3.05, 3.63) is 36.4 Å². The topological polar surface area (TPSA) is 34.1 Å². The van der Waals surface area contributed by atoms with Gasteiger partial charge in [-0.05, 0) is 31.5 Å². The third-order valence-corrected chi connectivity index (χ3v) is 3.11. The second-order valence-electron chi connectivity index (χ2n) is 4.43. The monoisotopic (exact) mass is 228 g/mol. The van der Waals surface area contributed by atoms with Gasteiger partial charge in [0.1, 0.15) is 6.10 Å². The molecule has 1 atom stereocenters. The van der Waals surface area contributed by atoms with Crippen LogP contribution in [-0.2, 0) is 0 Å². The first kappa shape index (κ1) is 10.5. The Morgan fingerprint density at radius 2 is 2.12 bits per heavy atom. The summed E-state index contributed by atoms with van der Waals surface area (Å²) >= 11 is 0. The molecule has 0 aliphatic carbocycles. The molecule has 88 valence electrons. The minimum absolute atomic E-state index is 0.261. The maximum absolute atomic E-state index is 5.89. The minimum atomic E-state index is 0.261. The molecule has 0 amide bonds. The summed E-state index contributed by atoms with van der Waals surface area (Å²) in [7, 11) is 0. The quantitative estimate of drug-likeness (QED) is 0.856. The highest BCUT2D eigenvalue weighted by Gasteiger charge is 2.14. The van der Waals surface area contributed by atoms with E-state index >= 15 is 0 Å². The second kappa shape index (κ2) is 4.72. The molecule has 1 aliphatic rings. The molecule has 3 rings (SSSR count). The van der Waals surface area contributed by atoms with E-state index in [1.165, 1.54) is 6.42 Å². The van der Waals surface area contributed by atoms with Crippen LogP contribution in [0.1, 0.15) is 12.8 Å². The summed E-state index contributed by atoms with van der Waals surface area (Å²) in [6.07, 6.45) is 2.55. The van der Waals surface area contributed by atoms with Gasteiger partial charge in [-0.2, -0.15) is 0 Å². The highest BCUT2D eigenvalue weighted by atomic mass is 16.5. The van der Waals surface area contributed by atoms with Gasteiger partial charge in [0.2, 0.25) is 5.88 Å². The summed E-state index contributed by atoms with van der Waals surface area (Å²) < 4.78 is 5.89. The zero-order chi connectivity index (χ0) is 11.5. The van der Waals surface area contributed by atoms with Gasteiger partial charge in [-0.25, -0.2) is 4.98 Å². The van der Waals surface area contributed by atoms with Crippen LogP contribution in [0.2, 0.25) is 0 Å². The zero-order valence-electron chi connectivity index (χ0n) is 9.73. The van der Waals surface area contributed by atoms with E-state index in [2.05, 4.69) is 22.4 Å². The number of aromatic nitrogens is 1. The lowest BCUT2D eigenvalue weighted by Crippen LogP contribution is -2.37. The highest BCUT2D eigenvalue weighted by molar-refractivity contribution is 5.78. The fraction of sp³-hybridized carbons (Fsp3) is 0.357. The predicted molar refractivity (Wildman–Crippen MR) is 68.3 cm³/mol. The third kappa shape index (κ3) is 2.39. The van der Waals surface area contributed by atoms with Crippen molar-refractivity contribution in [1.29, 1.82) is 0 Å². The number of pyridine rings is 1. The SMILES string of the molecule is c1ccc2nc(O[C@@H]3CCCNC3)ccc2c1. The van der Waals surface area contributed by atoms with Crippen LogP contribution in [0.4, 0.5) is 0 Å². The fourth-order valence-electron chi connectivity index (χ4n) is 2.20. The number of hydrogen-bond donors (Lipinski definition) is 1. The van der Waals surface area contributed by atoms with Gasteiger partial charge in [0, 0.05) is 18.0 Å². The first-order chi connectivity index (χ1) is 8.42. The Hall–Kier alpha value is -1.61. The molecular weight excluding hydrogens is 212 g/mol. The van der Waals surface area contributed by atoms with Gasteiger partial charge in [-0.3, -0.25) is 0 Å². The van der Waals surface area contributed by atoms with Crippen LogP contribution in [0.25, 0.3) is 10.9 Å². The van der Waals surface area contributed by atoms with Crippen LogP contribution < -0.4 is 10.1 Å². The molecule has 1 saturated heterocycles. The number of hydrogen-bond acceptors (Lipinski definition) is 3. The van der Waals surface area contributed by atoms with Crippen LogP contribution in [0, 0.1) is 0 Å². The van der Waals surface area contributed by atoms with Gasteiger partial charge in [0.05, 0.1) is 5.52 Å². The molecule has 2 heterocycles. The van der Waals surface area contributed by atoms with Gasteiger partial charge in [-0.15, -0.1) is 0 Å². The molecule has 17 heavy (non-hydrogen) atoms. The van der Waals surface area contributed by atoms with E-state index in [-0.39, 0.29) is 6.10 Å². The Bertz CT molecular complexity index is 506. The minimum Gasteiger partial charge on any atom is -0.473 e. The first-order valence-corrected chi connectivity index (χ1v) is 6.15. The van der Waals surface area contributed by atoms with Gasteiger partial charge in [-0.1, -0.05) is 18.2 Å². The molecule has 0 bridgehead atoms. The Balaban J connectivity index is 1.80. The Morgan fingerprint density at radius 3 is 3.00 bits per heavy atom. The molecular formula is C14H16N2O. The van der Waals surface area contributed by atoms with Crippen LogP contribution in [0.3, 0.4) is 0 Å². The highest BCUT2D eigenvalue weighted by Crippen LogP contribution is 2.18. The molecule has 0 radical (unpaired) electrons. The van der Waals surface area contributed by atoms with Gasteiger partial charge < -0.3 is 10.1 Å². The summed E-state index contributed by atoms with van der Waals surface area (Å²) in [5, 5.41) is 4.49. The lowest BCUT2D eigenvalue weighted by Gasteiger charge is -2.23. The zero-order valence-corrected chi connectivity index (χ0v) is 9.73. The van der Waals surface area contributed by atoms with E-state index in [1.54, 1.807) is 0 Å². The Kier molecular flexibility index (Phi) is 2.92. The number of piperidine rings is 1. The van der Waals surface area contributed by atoms with Crippen LogP contribution in [-0.4, -0.2) is 24.2 Å². The second-order valence-corrected chi connectivity index (χ2v) is 4.43. The summed E-state index contributed by atoms with van der Waals surface area (Å²) in [6, 6.07) is 12.1. The molecule has 1 aromatic carbocycles. The number of nitrogens with one attached hydrogen (secondary N) is 1. The molecule has 3 heteroatoms. The van der Waals surface area contributed by atoms with Crippen molar-refractivity contribution in [3.8, 4) is 5.88 Å². The average Bonchev–Trinajstić information content (AvgIpc) is 2.40. The van der Waals surface area contributed by atoms with E-state index in [0.29, 0.717) is 0 Å². The summed E-state index contributed by atoms with van der Waals surface area (Å²) in [5.74, 6) is 0.734. The largest absolute Gasteiger partial charge is 0.473 e. The number of fused-ring (bicyclic) bond motifs is 1. The molecule has 0 unspecified atom stereocenters. The van der Waals surface area contributed by atoms with Crippen LogP contribution in [0.15, 0.2) is 36.4 Å². The van der Waals surface area contributed by atoms with E-state index in [1.807, 2.05) is 24.3 Å². The summed E-state index contributed by atoms with van der Waals surface area (Å²) in [4.78, 5) is 4.52. The molecule has 2 aromatic rings. The van der Waals surface area contributed by atoms with Crippen molar-refractivity contribution in [2.45, 2.75) is 18.9 Å². The summed E-state index contributed by atoms with van der Waals surface area (Å²) in [6.45, 7) is 2.03. The van der Waals surface area contributed by atoms with E-state index < -0.39 is 0 Å². The van der Waals surface area contributed by atoms with Crippen molar-refractivity contribution >= 4 is 10.9 Å². The summed E-state index contributed by atoms with van der Waals surface area (Å²) in [5.41, 5.74) is 0.994. The van der Waals surface area contributed by atoms with E-state index in [0.717, 1.165) is 36.3 Å². The fourth-order valence-corrected chi connectivity index (χ4v) is 2.20. The van der Waals surface area contributed by atoms with Crippen molar-refractivity contribution < 1.29 is 4.74 Å². The molecule has 1 N–H and O–H groups in total. The smallest absolute Gasteiger partial charge is 0.214 e. The number of ether oxygens (including phenoxy) is 1. The molecule has 1 aromatic heterocycles.